The van der Waals surface area contributed by atoms with Gasteiger partial charge in [0.05, 0.1) is 18.1 Å². The minimum absolute atomic E-state index is 0.113. The molecule has 7 amide bonds. The second-order valence-electron chi connectivity index (χ2n) is 21.6. The molecular formula is C57H62N8O11Si. The summed E-state index contributed by atoms with van der Waals surface area (Å²) in [5.41, 5.74) is 10.5. The lowest BCUT2D eigenvalue weighted by Gasteiger charge is -2.35. The van der Waals surface area contributed by atoms with E-state index in [0.29, 0.717) is 64.1 Å². The van der Waals surface area contributed by atoms with Gasteiger partial charge >= 0.3 is 6.09 Å². The molecule has 6 aromatic rings. The fourth-order valence-electron chi connectivity index (χ4n) is 9.74. The van der Waals surface area contributed by atoms with Gasteiger partial charge in [0.1, 0.15) is 36.0 Å². The summed E-state index contributed by atoms with van der Waals surface area (Å²) in [6.45, 7) is 12.9. The summed E-state index contributed by atoms with van der Waals surface area (Å²) < 4.78 is 21.7. The molecule has 10 rings (SSSR count). The third-order valence-electron chi connectivity index (χ3n) is 13.7. The highest BCUT2D eigenvalue weighted by Gasteiger charge is 2.44. The van der Waals surface area contributed by atoms with Crippen molar-refractivity contribution >= 4 is 61.0 Å². The molecule has 19 nitrogen and oxygen atoms in total. The van der Waals surface area contributed by atoms with Gasteiger partial charge in [-0.05, 0) is 111 Å². The maximum absolute atomic E-state index is 13.5. The minimum Gasteiger partial charge on any atom is -0.465 e. The molecule has 0 saturated carbocycles. The van der Waals surface area contributed by atoms with Gasteiger partial charge in [0, 0.05) is 81.0 Å². The number of para-hydroxylation sites is 2. The van der Waals surface area contributed by atoms with Crippen LogP contribution in [0.2, 0.25) is 25.7 Å². The van der Waals surface area contributed by atoms with Gasteiger partial charge < -0.3 is 44.0 Å². The molecule has 1 unspecified atom stereocenters. The average Bonchev–Trinajstić information content (AvgIpc) is 4.19. The van der Waals surface area contributed by atoms with Gasteiger partial charge in [0.2, 0.25) is 17.7 Å². The molecule has 2 aromatic heterocycles. The number of nitrogens with one attached hydrogen (secondary N) is 1. The monoisotopic (exact) mass is 1060 g/mol. The quantitative estimate of drug-likeness (QED) is 0.0528. The zero-order chi connectivity index (χ0) is 54.9. The predicted molar refractivity (Wildman–Crippen MR) is 289 cm³/mol. The lowest BCUT2D eigenvalue weighted by Crippen LogP contribution is -2.55. The fraction of sp³-hybridized carbons (Fsp3) is 0.316. The molecule has 0 radical (unpaired) electrons. The number of aromatic nitrogens is 2. The summed E-state index contributed by atoms with van der Waals surface area (Å²) in [7, 11) is -1.33. The number of ether oxygens (including phenoxy) is 3. The van der Waals surface area contributed by atoms with Crippen LogP contribution in [0.15, 0.2) is 122 Å². The number of fused-ring (bicyclic) bond motifs is 2. The zero-order valence-corrected chi connectivity index (χ0v) is 44.9. The molecule has 4 aliphatic rings. The number of amides is 7. The molecule has 6 heterocycles. The fourth-order valence-corrected chi connectivity index (χ4v) is 10.5. The molecule has 2 fully saturated rings. The Morgan fingerprint density at radius 3 is 1.79 bits per heavy atom. The minimum atomic E-state index is -1.33. The predicted octanol–water partition coefficient (Wildman–Crippen LogP) is 8.95. The maximum atomic E-state index is 13.5. The van der Waals surface area contributed by atoms with Crippen molar-refractivity contribution in [3.8, 4) is 34.4 Å². The molecule has 4 N–H and O–H groups in total. The molecule has 2 atom stereocenters. The highest BCUT2D eigenvalue weighted by molar-refractivity contribution is 6.76. The van der Waals surface area contributed by atoms with Gasteiger partial charge in [-0.15, -0.1) is 0 Å². The van der Waals surface area contributed by atoms with Crippen LogP contribution in [0.4, 0.5) is 16.2 Å². The van der Waals surface area contributed by atoms with E-state index >= 15 is 0 Å². The van der Waals surface area contributed by atoms with E-state index in [1.165, 1.54) is 14.7 Å². The Bertz CT molecular complexity index is 3270. The summed E-state index contributed by atoms with van der Waals surface area (Å²) in [5, 5.41) is 12.5. The van der Waals surface area contributed by atoms with Crippen LogP contribution in [-0.2, 0) is 37.0 Å². The average molecular weight is 1060 g/mol. The first-order valence-electron chi connectivity index (χ1n) is 25.5. The number of nitrogen functional groups attached to an aromatic ring is 1. The standard InChI is InChI=1S/C34H42N4O7Si.C23H20N4O4/c1-34(2,3)38(33(42)43)28-20-35(24-10-8-7-9-11-24)21-29(28)45-25-12-13-26-23(18-25)19-36(31(26)40)27-14-15-30(39)37(32(27)41)22-44-16-17-46(4,5)6;24-18-12-26(15-4-2-1-3-5-15)13-20(18)31-16-6-7-17-14(10-16)11-27(23(17)30)19-8-9-21(28)25-22(19)29/h7-13,18,20-21,27H,14-17,19,22H2,1-6H3,(H,42,43);1-7,10,12-13,19H,8-9,11,24H2,(H,25,28,29)/t27-;/m0./s1. The summed E-state index contributed by atoms with van der Waals surface area (Å²) in [5.74, 6) is -0.146. The lowest BCUT2D eigenvalue weighted by molar-refractivity contribution is -0.158. The molecule has 0 bridgehead atoms. The van der Waals surface area contributed by atoms with E-state index in [9.17, 15) is 38.7 Å². The number of nitrogens with zero attached hydrogens (tertiary/aromatic N) is 6. The topological polar surface area (TPSA) is 228 Å². The van der Waals surface area contributed by atoms with Crippen LogP contribution in [-0.4, -0.2) is 110 Å². The Morgan fingerprint density at radius 1 is 0.714 bits per heavy atom. The number of hydrogen-bond acceptors (Lipinski definition) is 11. The van der Waals surface area contributed by atoms with Gasteiger partial charge in [-0.3, -0.25) is 43.9 Å². The molecule has 4 aromatic carbocycles. The Labute approximate surface area is 446 Å². The molecular weight excluding hydrogens is 1000 g/mol. The van der Waals surface area contributed by atoms with Gasteiger partial charge in [0.15, 0.2) is 11.5 Å². The molecule has 4 aliphatic heterocycles. The number of nitrogens with two attached hydrogens (primary N) is 1. The molecule has 2 saturated heterocycles. The van der Waals surface area contributed by atoms with Crippen LogP contribution in [0.3, 0.4) is 0 Å². The van der Waals surface area contributed by atoms with E-state index in [-0.39, 0.29) is 62.7 Å². The SMILES string of the molecule is CC(C)(C)N(C(=O)O)c1cn(-c2ccccc2)cc1Oc1ccc2c(c1)CN([C@H]1CCC(=O)N(COCC[Si](C)(C)C)C1=O)C2=O.Nc1cn(-c2ccccc2)cc1Oc1ccc2c(c1)CN(C1CCC(=O)NC1=O)C2=O. The number of likely N-dealkylation sites (tertiary alicyclic amines) is 1. The van der Waals surface area contributed by atoms with Crippen molar-refractivity contribution < 1.29 is 52.9 Å². The number of hydrogen-bond donors (Lipinski definition) is 3. The van der Waals surface area contributed by atoms with Crippen molar-refractivity contribution in [3.05, 3.63) is 144 Å². The van der Waals surface area contributed by atoms with Crippen molar-refractivity contribution in [2.24, 2.45) is 0 Å². The molecule has 77 heavy (non-hydrogen) atoms. The lowest BCUT2D eigenvalue weighted by atomic mass is 10.0. The first-order chi connectivity index (χ1) is 36.6. The summed E-state index contributed by atoms with van der Waals surface area (Å²) >= 11 is 0. The van der Waals surface area contributed by atoms with Gasteiger partial charge in [-0.25, -0.2) is 4.79 Å². The van der Waals surface area contributed by atoms with Gasteiger partial charge in [-0.2, -0.15) is 0 Å². The largest absolute Gasteiger partial charge is 0.465 e. The third kappa shape index (κ3) is 11.7. The highest BCUT2D eigenvalue weighted by Crippen LogP contribution is 2.40. The van der Waals surface area contributed by atoms with E-state index < -0.39 is 43.6 Å². The van der Waals surface area contributed by atoms with Crippen LogP contribution >= 0.6 is 0 Å². The highest BCUT2D eigenvalue weighted by atomic mass is 28.3. The van der Waals surface area contributed by atoms with E-state index in [2.05, 4.69) is 25.0 Å². The third-order valence-corrected chi connectivity index (χ3v) is 15.4. The van der Waals surface area contributed by atoms with Crippen LogP contribution in [0.5, 0.6) is 23.0 Å². The Balaban J connectivity index is 0.000000202. The number of anilines is 2. The number of carboxylic acid groups (broad SMARTS) is 1. The summed E-state index contributed by atoms with van der Waals surface area (Å²) in [6, 6.07) is 29.0. The Morgan fingerprint density at radius 2 is 1.25 bits per heavy atom. The second kappa shape index (κ2) is 21.6. The van der Waals surface area contributed by atoms with Crippen LogP contribution < -0.4 is 25.4 Å². The number of carbonyl (C=O) groups is 7. The van der Waals surface area contributed by atoms with E-state index in [1.807, 2.05) is 69.8 Å². The molecule has 400 valence electrons. The summed E-state index contributed by atoms with van der Waals surface area (Å²) in [4.78, 5) is 93.8. The van der Waals surface area contributed by atoms with E-state index in [1.54, 1.807) is 82.0 Å². The number of piperidine rings is 2. The molecule has 0 spiro atoms. The second-order valence-corrected chi connectivity index (χ2v) is 27.2. The Hall–Kier alpha value is -8.49. The van der Waals surface area contributed by atoms with Gasteiger partial charge in [-0.1, -0.05) is 56.0 Å². The first kappa shape index (κ1) is 53.3. The van der Waals surface area contributed by atoms with E-state index in [0.717, 1.165) is 27.9 Å². The molecule has 0 aliphatic carbocycles. The Kier molecular flexibility index (Phi) is 15.0. The smallest absolute Gasteiger partial charge is 0.412 e. The zero-order valence-electron chi connectivity index (χ0n) is 43.9. The van der Waals surface area contributed by atoms with Crippen molar-refractivity contribution in [3.63, 3.8) is 0 Å². The first-order valence-corrected chi connectivity index (χ1v) is 29.2. The van der Waals surface area contributed by atoms with Gasteiger partial charge in [0.25, 0.3) is 17.7 Å². The number of benzene rings is 4. The van der Waals surface area contributed by atoms with E-state index in [4.69, 9.17) is 19.9 Å². The maximum Gasteiger partial charge on any atom is 0.412 e. The van der Waals surface area contributed by atoms with Crippen molar-refractivity contribution in [1.29, 1.82) is 0 Å². The summed E-state index contributed by atoms with van der Waals surface area (Å²) in [6.07, 6.45) is 6.88. The normalized spacial score (nSPS) is 17.5. The van der Waals surface area contributed by atoms with Crippen molar-refractivity contribution in [2.75, 3.05) is 24.0 Å². The number of carbonyl (C=O) groups excluding carboxylic acids is 6. The van der Waals surface area contributed by atoms with Crippen molar-refractivity contribution in [2.45, 2.75) is 103 Å². The van der Waals surface area contributed by atoms with Crippen LogP contribution in [0.1, 0.15) is 78.3 Å². The van der Waals surface area contributed by atoms with Crippen LogP contribution in [0, 0.1) is 0 Å². The van der Waals surface area contributed by atoms with Crippen LogP contribution in [0.25, 0.3) is 11.4 Å². The van der Waals surface area contributed by atoms with Crippen molar-refractivity contribution in [1.82, 2.24) is 29.2 Å². The number of rotatable bonds is 14. The number of imide groups is 2. The molecule has 20 heteroatoms.